The summed E-state index contributed by atoms with van der Waals surface area (Å²) >= 11 is 0. The number of unbranched alkanes of at least 4 members (excludes halogenated alkanes) is 1. The summed E-state index contributed by atoms with van der Waals surface area (Å²) in [6.07, 6.45) is -7.10. The normalized spacial score (nSPS) is 26.6. The van der Waals surface area contributed by atoms with Gasteiger partial charge in [0.25, 0.3) is 0 Å². The zero-order chi connectivity index (χ0) is 61.3. The van der Waals surface area contributed by atoms with Crippen LogP contribution < -0.4 is 48.3 Å². The Bertz CT molecular complexity index is 2890. The van der Waals surface area contributed by atoms with Gasteiger partial charge in [0.1, 0.15) is 60.3 Å². The number of carboxylic acid groups (broad SMARTS) is 1. The number of carboxylic acids is 1. The summed E-state index contributed by atoms with van der Waals surface area (Å²) in [5.74, 6) is -12.0. The second kappa shape index (κ2) is 31.3. The molecule has 2 saturated heterocycles. The van der Waals surface area contributed by atoms with Gasteiger partial charge in [0.15, 0.2) is 6.04 Å². The number of phenolic OH excluding ortho intramolecular Hbond substituents is 1. The van der Waals surface area contributed by atoms with Gasteiger partial charge in [0.05, 0.1) is 31.4 Å². The minimum absolute atomic E-state index is 0.0658. The average Bonchev–Trinajstić information content (AvgIpc) is 3.49. The molecule has 7 amide bonds. The Morgan fingerprint density at radius 1 is 0.762 bits per heavy atom. The van der Waals surface area contributed by atoms with Crippen LogP contribution in [-0.2, 0) is 62.4 Å². The van der Waals surface area contributed by atoms with Crippen molar-refractivity contribution < 1.29 is 83.9 Å². The smallest absolute Gasteiger partial charge is 0.328 e. The molecule has 3 heterocycles. The Labute approximate surface area is 490 Å². The lowest BCUT2D eigenvalue weighted by molar-refractivity contribution is -0.318. The molecule has 6 rings (SSSR count). The third-order valence-electron chi connectivity index (χ3n) is 14.1. The van der Waals surface area contributed by atoms with Gasteiger partial charge in [0.2, 0.25) is 47.1 Å². The van der Waals surface area contributed by atoms with E-state index in [-0.39, 0.29) is 50.2 Å². The van der Waals surface area contributed by atoms with Crippen LogP contribution in [-0.4, -0.2) is 209 Å². The summed E-state index contributed by atoms with van der Waals surface area (Å²) in [5, 5.41) is 105. The van der Waals surface area contributed by atoms with Crippen LogP contribution in [0.1, 0.15) is 49.8 Å². The third-order valence-corrected chi connectivity index (χ3v) is 16.6. The first-order chi connectivity index (χ1) is 40.0. The number of rotatable bonds is 20. The lowest BCUT2D eigenvalue weighted by Gasteiger charge is -2.42. The molecule has 2 fully saturated rings. The number of aromatic amines is 1. The molecular weight excluding hydrogens is 1140 g/mol. The molecule has 0 unspecified atom stereocenters. The molecule has 2 aliphatic rings. The summed E-state index contributed by atoms with van der Waals surface area (Å²) in [6, 6.07) is 8.42. The molecule has 458 valence electrons. The fourth-order valence-electron chi connectivity index (χ4n) is 9.24. The monoisotopic (exact) mass is 1210 g/mol. The standard InChI is InChI=1S/C55H74N10O17S2/c1-28(66)43-53(78)63-41(52(77)65-44(29(2)67)54(79)80)26-84-83-25-40(62-48(73)37(20-30-10-4-3-5-11-30)58-27-55(81)46(71)45(70)42(69)24-82-55)51(76)60-38(21-31-15-17-33(68)18-16-31)49(74)61-39(22-32-23-57-35-13-7-6-12-34(32)35)50(75)59-36(47(72)64-43)14-8-9-19-56/h3-7,10-13,15-18,23,28-29,36-46,57-58,66-71,81H,8-9,14,19-22,24-27,56H2,1-2H3,(H,59,75)(H,60,76)(H,61,74)(H,62,73)(H,63,78)(H,64,72)(H,65,77)(H,79,80)/t28-,29-,36+,37-,38+,39-,40+,41+,42-,43+,44-,45-,46+,55-/m1/s1. The number of nitrogens with one attached hydrogen (secondary N) is 9. The minimum atomic E-state index is -2.53. The van der Waals surface area contributed by atoms with Gasteiger partial charge in [-0.1, -0.05) is 82.3 Å². The van der Waals surface area contributed by atoms with Crippen LogP contribution in [0.25, 0.3) is 10.9 Å². The van der Waals surface area contributed by atoms with Crippen molar-refractivity contribution in [1.29, 1.82) is 0 Å². The highest BCUT2D eigenvalue weighted by Crippen LogP contribution is 2.26. The van der Waals surface area contributed by atoms with Crippen molar-refractivity contribution >= 4 is 79.8 Å². The summed E-state index contributed by atoms with van der Waals surface area (Å²) in [6.45, 7) is 1.18. The number of para-hydroxylation sites is 1. The van der Waals surface area contributed by atoms with Crippen molar-refractivity contribution in [2.45, 2.75) is 137 Å². The average molecular weight is 1210 g/mol. The van der Waals surface area contributed by atoms with Crippen molar-refractivity contribution in [2.75, 3.05) is 31.2 Å². The third kappa shape index (κ3) is 18.5. The number of phenols is 1. The maximum absolute atomic E-state index is 15.0. The predicted molar refractivity (Wildman–Crippen MR) is 307 cm³/mol. The van der Waals surface area contributed by atoms with Crippen LogP contribution in [0.3, 0.4) is 0 Å². The maximum Gasteiger partial charge on any atom is 0.328 e. The van der Waals surface area contributed by atoms with Gasteiger partial charge in [-0.2, -0.15) is 0 Å². The Balaban J connectivity index is 1.43. The van der Waals surface area contributed by atoms with E-state index in [9.17, 15) is 79.2 Å². The molecule has 2 aliphatic heterocycles. The summed E-state index contributed by atoms with van der Waals surface area (Å²) < 4.78 is 5.33. The molecule has 29 heteroatoms. The molecule has 0 bridgehead atoms. The number of aromatic hydroxyl groups is 1. The number of aromatic nitrogens is 1. The molecule has 4 aromatic rings. The van der Waals surface area contributed by atoms with E-state index in [1.165, 1.54) is 31.2 Å². The molecule has 1 aromatic heterocycles. The summed E-state index contributed by atoms with van der Waals surface area (Å²) in [5.41, 5.74) is 8.03. The first kappa shape index (κ1) is 66.2. The van der Waals surface area contributed by atoms with E-state index in [0.29, 0.717) is 34.0 Å². The van der Waals surface area contributed by atoms with E-state index < -0.39 is 151 Å². The van der Waals surface area contributed by atoms with Gasteiger partial charge in [-0.25, -0.2) is 4.79 Å². The zero-order valence-electron chi connectivity index (χ0n) is 46.0. The largest absolute Gasteiger partial charge is 0.508 e. The van der Waals surface area contributed by atoms with E-state index >= 15 is 0 Å². The molecule has 19 N–H and O–H groups in total. The molecule has 3 aromatic carbocycles. The number of H-pyrrole nitrogens is 1. The Morgan fingerprint density at radius 2 is 1.39 bits per heavy atom. The number of benzene rings is 3. The predicted octanol–water partition coefficient (Wildman–Crippen LogP) is -3.58. The Morgan fingerprint density at radius 3 is 2.06 bits per heavy atom. The molecule has 0 aliphatic carbocycles. The van der Waals surface area contributed by atoms with Gasteiger partial charge in [-0.05, 0) is 81.0 Å². The van der Waals surface area contributed by atoms with Crippen molar-refractivity contribution in [3.8, 4) is 5.75 Å². The lowest BCUT2D eigenvalue weighted by Crippen LogP contribution is -2.66. The van der Waals surface area contributed by atoms with Gasteiger partial charge in [-0.3, -0.25) is 33.6 Å². The van der Waals surface area contributed by atoms with Crippen LogP contribution in [0, 0.1) is 0 Å². The Hall–Kier alpha value is -6.90. The highest BCUT2D eigenvalue weighted by molar-refractivity contribution is 8.76. The minimum Gasteiger partial charge on any atom is -0.508 e. The number of hydrogen-bond acceptors (Lipinski definition) is 20. The van der Waals surface area contributed by atoms with Crippen LogP contribution in [0.2, 0.25) is 0 Å². The number of nitrogens with two attached hydrogens (primary N) is 1. The molecule has 0 radical (unpaired) electrons. The number of aliphatic hydroxyl groups is 6. The van der Waals surface area contributed by atoms with E-state index in [1.807, 2.05) is 0 Å². The SMILES string of the molecule is C[C@@H](O)[C@@H]1NC(=O)[C@H](CCCCN)NC(=O)[C@@H](Cc2c[nH]c3ccccc23)NC(=O)[C@H](Cc2ccc(O)cc2)NC(=O)[C@@H](NC(=O)[C@@H](Cc2ccccc2)NC[C@@]2(O)OC[C@@H](O)[C@@H](O)[C@@H]2O)CSSC[C@@H](C(=O)N[C@@H](C(=O)O)[C@@H](C)O)NC1=O. The topological polar surface area (TPSA) is 446 Å². The first-order valence-electron chi connectivity index (χ1n) is 27.1. The number of carbonyl (C=O) groups is 8. The number of carbonyl (C=O) groups excluding carboxylic acids is 7. The van der Waals surface area contributed by atoms with Gasteiger partial charge in [0, 0.05) is 41.4 Å². The quantitative estimate of drug-likeness (QED) is 0.0301. The second-order valence-electron chi connectivity index (χ2n) is 20.7. The number of hydrogen-bond donors (Lipinski definition) is 18. The first-order valence-corrected chi connectivity index (χ1v) is 29.6. The molecule has 84 heavy (non-hydrogen) atoms. The number of aliphatic carboxylic acids is 1. The van der Waals surface area contributed by atoms with Crippen molar-refractivity contribution in [3.63, 3.8) is 0 Å². The molecule has 0 spiro atoms. The molecule has 27 nitrogen and oxygen atoms in total. The molecule has 0 saturated carbocycles. The number of ether oxygens (including phenoxy) is 1. The van der Waals surface area contributed by atoms with Crippen molar-refractivity contribution in [3.05, 3.63) is 102 Å². The van der Waals surface area contributed by atoms with Crippen LogP contribution in [0.15, 0.2) is 85.1 Å². The second-order valence-corrected chi connectivity index (χ2v) is 23.2. The van der Waals surface area contributed by atoms with Gasteiger partial charge >= 0.3 is 5.97 Å². The number of aliphatic hydroxyl groups excluding tert-OH is 5. The lowest BCUT2D eigenvalue weighted by atomic mass is 9.96. The Kier molecular flexibility index (Phi) is 24.7. The summed E-state index contributed by atoms with van der Waals surface area (Å²) in [7, 11) is 1.70. The maximum atomic E-state index is 15.0. The number of amides is 7. The van der Waals surface area contributed by atoms with E-state index in [4.69, 9.17) is 10.5 Å². The molecule has 14 atom stereocenters. The highest BCUT2D eigenvalue weighted by atomic mass is 33.1. The number of fused-ring (bicyclic) bond motifs is 1. The summed E-state index contributed by atoms with van der Waals surface area (Å²) in [4.78, 5) is 117. The highest BCUT2D eigenvalue weighted by Gasteiger charge is 2.49. The fraction of sp³-hybridized carbons (Fsp3) is 0.491. The van der Waals surface area contributed by atoms with Crippen LogP contribution in [0.5, 0.6) is 5.75 Å². The fourth-order valence-corrected chi connectivity index (χ4v) is 11.6. The van der Waals surface area contributed by atoms with Gasteiger partial charge < -0.3 is 98.8 Å². The van der Waals surface area contributed by atoms with Crippen LogP contribution in [0.4, 0.5) is 0 Å². The van der Waals surface area contributed by atoms with Crippen LogP contribution >= 0.6 is 21.6 Å². The van der Waals surface area contributed by atoms with Crippen molar-refractivity contribution in [1.82, 2.24) is 47.5 Å². The molecular formula is C55H74N10O17S2. The van der Waals surface area contributed by atoms with E-state index in [0.717, 1.165) is 28.5 Å². The van der Waals surface area contributed by atoms with E-state index in [1.54, 1.807) is 60.8 Å². The van der Waals surface area contributed by atoms with Crippen molar-refractivity contribution in [2.24, 2.45) is 5.73 Å². The van der Waals surface area contributed by atoms with E-state index in [2.05, 4.69) is 47.5 Å². The zero-order valence-corrected chi connectivity index (χ0v) is 47.6. The van der Waals surface area contributed by atoms with Gasteiger partial charge in [-0.15, -0.1) is 0 Å².